The van der Waals surface area contributed by atoms with Gasteiger partial charge >= 0.3 is 0 Å². The Hall–Kier alpha value is -3.74. The van der Waals surface area contributed by atoms with Crippen molar-refractivity contribution in [2.75, 3.05) is 31.5 Å². The Morgan fingerprint density at radius 3 is 2.13 bits per heavy atom. The number of benzene rings is 3. The predicted molar refractivity (Wildman–Crippen MR) is 112 cm³/mol. The summed E-state index contributed by atoms with van der Waals surface area (Å²) in [5.41, 5.74) is 2.52. The molecule has 6 nitrogen and oxygen atoms in total. The van der Waals surface area contributed by atoms with E-state index in [9.17, 15) is 9.18 Å². The Kier molecular flexibility index (Phi) is 5.18. The number of para-hydroxylation sites is 1. The quantitative estimate of drug-likeness (QED) is 0.667. The zero-order valence-electron chi connectivity index (χ0n) is 16.8. The molecule has 0 unspecified atom stereocenters. The van der Waals surface area contributed by atoms with Crippen LogP contribution in [0.4, 0.5) is 15.8 Å². The number of carbonyl (C=O) groups excluding carboxylic acids is 1. The summed E-state index contributed by atoms with van der Waals surface area (Å²) >= 11 is 0. The normalized spacial score (nSPS) is 15.3. The molecule has 1 amide bonds. The van der Waals surface area contributed by atoms with Gasteiger partial charge in [0.05, 0.1) is 26.9 Å². The Bertz CT molecular complexity index is 1060. The van der Waals surface area contributed by atoms with Gasteiger partial charge < -0.3 is 19.5 Å². The average Bonchev–Trinajstić information content (AvgIpc) is 2.78. The lowest BCUT2D eigenvalue weighted by atomic mass is 10.0. The molecule has 0 fully saturated rings. The highest BCUT2D eigenvalue weighted by Crippen LogP contribution is 2.43. The van der Waals surface area contributed by atoms with Crippen LogP contribution in [0, 0.1) is 5.82 Å². The van der Waals surface area contributed by atoms with E-state index in [2.05, 4.69) is 5.32 Å². The van der Waals surface area contributed by atoms with Crippen LogP contribution in [0.15, 0.2) is 60.7 Å². The second-order valence-corrected chi connectivity index (χ2v) is 6.70. The summed E-state index contributed by atoms with van der Waals surface area (Å²) in [6, 6.07) is 16.7. The minimum Gasteiger partial charge on any atom is -0.493 e. The van der Waals surface area contributed by atoms with Crippen molar-refractivity contribution in [1.82, 2.24) is 0 Å². The molecule has 1 heterocycles. The first-order valence-electron chi connectivity index (χ1n) is 9.32. The summed E-state index contributed by atoms with van der Waals surface area (Å²) in [7, 11) is 4.60. The number of nitrogens with zero attached hydrogens (tertiary/aromatic N) is 1. The summed E-state index contributed by atoms with van der Waals surface area (Å²) in [6.07, 6.45) is -0.577. The lowest BCUT2D eigenvalue weighted by Crippen LogP contribution is -2.43. The van der Waals surface area contributed by atoms with Crippen molar-refractivity contribution in [3.63, 3.8) is 0 Å². The molecule has 3 aromatic carbocycles. The highest BCUT2D eigenvalue weighted by atomic mass is 19.1. The summed E-state index contributed by atoms with van der Waals surface area (Å²) in [5.74, 6) is 0.827. The maximum Gasteiger partial charge on any atom is 0.262 e. The number of halogens is 1. The second kappa shape index (κ2) is 7.94. The molecule has 1 aliphatic heterocycles. The number of anilines is 2. The van der Waals surface area contributed by atoms with Crippen LogP contribution in [0.5, 0.6) is 17.2 Å². The maximum atomic E-state index is 13.5. The van der Waals surface area contributed by atoms with Gasteiger partial charge in [-0.3, -0.25) is 9.69 Å². The molecule has 30 heavy (non-hydrogen) atoms. The molecule has 0 bridgehead atoms. The lowest BCUT2D eigenvalue weighted by molar-refractivity contribution is 0.0974. The van der Waals surface area contributed by atoms with Gasteiger partial charge in [-0.15, -0.1) is 0 Å². The van der Waals surface area contributed by atoms with Gasteiger partial charge in [0, 0.05) is 16.9 Å². The Morgan fingerprint density at radius 2 is 1.53 bits per heavy atom. The zero-order valence-corrected chi connectivity index (χ0v) is 16.8. The topological polar surface area (TPSA) is 60.0 Å². The van der Waals surface area contributed by atoms with Gasteiger partial charge in [0.2, 0.25) is 5.75 Å². The van der Waals surface area contributed by atoms with Crippen molar-refractivity contribution < 1.29 is 23.4 Å². The minimum absolute atomic E-state index is 0.199. The number of methoxy groups -OCH3 is 3. The summed E-state index contributed by atoms with van der Waals surface area (Å²) in [4.78, 5) is 15.0. The first kappa shape index (κ1) is 19.6. The molecule has 0 spiro atoms. The summed E-state index contributed by atoms with van der Waals surface area (Å²) in [5, 5.41) is 3.41. The SMILES string of the molecule is COc1cc([C@H]2Nc3ccccc3C(=O)N2c2ccc(F)cc2)cc(OC)c1OC. The Balaban J connectivity index is 1.89. The summed E-state index contributed by atoms with van der Waals surface area (Å²) in [6.45, 7) is 0. The molecular weight excluding hydrogens is 387 g/mol. The smallest absolute Gasteiger partial charge is 0.262 e. The van der Waals surface area contributed by atoms with Crippen LogP contribution in [0.3, 0.4) is 0 Å². The average molecular weight is 408 g/mol. The number of ether oxygens (including phenoxy) is 3. The number of hydrogen-bond acceptors (Lipinski definition) is 5. The molecule has 1 aliphatic rings. The molecule has 0 radical (unpaired) electrons. The third-order valence-corrected chi connectivity index (χ3v) is 5.03. The van der Waals surface area contributed by atoms with Gasteiger partial charge in [0.15, 0.2) is 11.5 Å². The van der Waals surface area contributed by atoms with Crippen LogP contribution in [0.2, 0.25) is 0 Å². The molecule has 4 rings (SSSR count). The largest absolute Gasteiger partial charge is 0.493 e. The molecule has 0 aliphatic carbocycles. The van der Waals surface area contributed by atoms with Crippen molar-refractivity contribution in [2.24, 2.45) is 0 Å². The van der Waals surface area contributed by atoms with Crippen molar-refractivity contribution in [3.8, 4) is 17.2 Å². The van der Waals surface area contributed by atoms with Gasteiger partial charge in [-0.25, -0.2) is 4.39 Å². The highest BCUT2D eigenvalue weighted by molar-refractivity contribution is 6.12. The van der Waals surface area contributed by atoms with Crippen LogP contribution >= 0.6 is 0 Å². The zero-order chi connectivity index (χ0) is 21.3. The van der Waals surface area contributed by atoms with Crippen LogP contribution in [-0.2, 0) is 0 Å². The molecule has 0 saturated heterocycles. The Labute approximate surface area is 173 Å². The first-order chi connectivity index (χ1) is 14.6. The summed E-state index contributed by atoms with van der Waals surface area (Å²) < 4.78 is 29.9. The van der Waals surface area contributed by atoms with Crippen LogP contribution in [0.25, 0.3) is 0 Å². The lowest BCUT2D eigenvalue weighted by Gasteiger charge is -2.38. The molecule has 0 aromatic heterocycles. The van der Waals surface area contributed by atoms with Crippen molar-refractivity contribution in [1.29, 1.82) is 0 Å². The van der Waals surface area contributed by atoms with Gasteiger partial charge in [-0.05, 0) is 48.5 Å². The number of rotatable bonds is 5. The fourth-order valence-corrected chi connectivity index (χ4v) is 3.61. The van der Waals surface area contributed by atoms with E-state index in [0.717, 1.165) is 5.56 Å². The van der Waals surface area contributed by atoms with Crippen LogP contribution in [0.1, 0.15) is 22.1 Å². The second-order valence-electron chi connectivity index (χ2n) is 6.70. The standard InChI is InChI=1S/C23H21FN2O4/c1-28-19-12-14(13-20(29-2)21(19)30-3)22-25-18-7-5-4-6-17(18)23(27)26(22)16-10-8-15(24)9-11-16/h4-13,22,25H,1-3H3/t22-/m0/s1. The third-order valence-electron chi connectivity index (χ3n) is 5.03. The van der Waals surface area contributed by atoms with E-state index in [0.29, 0.717) is 34.2 Å². The van der Waals surface area contributed by atoms with E-state index in [-0.39, 0.29) is 11.7 Å². The predicted octanol–water partition coefficient (Wildman–Crippen LogP) is 4.62. The van der Waals surface area contributed by atoms with E-state index in [1.54, 1.807) is 41.3 Å². The van der Waals surface area contributed by atoms with E-state index in [4.69, 9.17) is 14.2 Å². The molecule has 1 N–H and O–H groups in total. The molecule has 0 saturated carbocycles. The van der Waals surface area contributed by atoms with E-state index >= 15 is 0 Å². The molecule has 154 valence electrons. The molecular formula is C23H21FN2O4. The maximum absolute atomic E-state index is 13.5. The van der Waals surface area contributed by atoms with E-state index < -0.39 is 6.17 Å². The van der Waals surface area contributed by atoms with Crippen LogP contribution < -0.4 is 24.4 Å². The fourth-order valence-electron chi connectivity index (χ4n) is 3.61. The minimum atomic E-state index is -0.577. The van der Waals surface area contributed by atoms with Gasteiger partial charge in [-0.1, -0.05) is 12.1 Å². The highest BCUT2D eigenvalue weighted by Gasteiger charge is 2.35. The molecule has 1 atom stereocenters. The first-order valence-corrected chi connectivity index (χ1v) is 9.32. The molecule has 3 aromatic rings. The van der Waals surface area contributed by atoms with Crippen molar-refractivity contribution >= 4 is 17.3 Å². The van der Waals surface area contributed by atoms with Crippen molar-refractivity contribution in [2.45, 2.75) is 6.17 Å². The number of amides is 1. The van der Waals surface area contributed by atoms with Crippen LogP contribution in [-0.4, -0.2) is 27.2 Å². The van der Waals surface area contributed by atoms with Gasteiger partial charge in [-0.2, -0.15) is 0 Å². The molecule has 7 heteroatoms. The van der Waals surface area contributed by atoms with Gasteiger partial charge in [0.1, 0.15) is 12.0 Å². The van der Waals surface area contributed by atoms with Gasteiger partial charge in [0.25, 0.3) is 5.91 Å². The Morgan fingerprint density at radius 1 is 0.900 bits per heavy atom. The van der Waals surface area contributed by atoms with E-state index in [1.165, 1.54) is 33.5 Å². The monoisotopic (exact) mass is 408 g/mol. The van der Waals surface area contributed by atoms with E-state index in [1.807, 2.05) is 12.1 Å². The number of carbonyl (C=O) groups is 1. The third kappa shape index (κ3) is 3.28. The number of hydrogen-bond donors (Lipinski definition) is 1. The number of nitrogens with one attached hydrogen (secondary N) is 1. The van der Waals surface area contributed by atoms with Crippen molar-refractivity contribution in [3.05, 3.63) is 77.6 Å². The number of fused-ring (bicyclic) bond motifs is 1. The fraction of sp³-hybridized carbons (Fsp3) is 0.174.